The van der Waals surface area contributed by atoms with Gasteiger partial charge in [0.05, 0.1) is 11.6 Å². The summed E-state index contributed by atoms with van der Waals surface area (Å²) in [5.74, 6) is 0.743. The summed E-state index contributed by atoms with van der Waals surface area (Å²) in [5, 5.41) is 8.83. The molecule has 21 heavy (non-hydrogen) atoms. The smallest absolute Gasteiger partial charge is 0.120 e. The molecule has 1 aromatic heterocycles. The summed E-state index contributed by atoms with van der Waals surface area (Å²) in [7, 11) is 2.07. The highest BCUT2D eigenvalue weighted by Crippen LogP contribution is 2.12. The van der Waals surface area contributed by atoms with E-state index in [4.69, 9.17) is 10.00 Å². The molecule has 0 amide bonds. The van der Waals surface area contributed by atoms with E-state index in [1.54, 1.807) is 12.1 Å². The van der Waals surface area contributed by atoms with Crippen molar-refractivity contribution in [1.29, 1.82) is 5.26 Å². The molecule has 0 aliphatic rings. The van der Waals surface area contributed by atoms with Crippen LogP contribution in [0.15, 0.2) is 48.7 Å². The van der Waals surface area contributed by atoms with Crippen LogP contribution in [0.4, 0.5) is 0 Å². The molecule has 4 nitrogen and oxygen atoms in total. The van der Waals surface area contributed by atoms with Gasteiger partial charge >= 0.3 is 0 Å². The van der Waals surface area contributed by atoms with Gasteiger partial charge in [0.1, 0.15) is 12.4 Å². The van der Waals surface area contributed by atoms with Gasteiger partial charge in [0.25, 0.3) is 0 Å². The largest absolute Gasteiger partial charge is 0.492 e. The first kappa shape index (κ1) is 15.0. The van der Waals surface area contributed by atoms with Gasteiger partial charge in [0, 0.05) is 31.4 Å². The molecule has 0 spiro atoms. The highest BCUT2D eigenvalue weighted by molar-refractivity contribution is 5.36. The highest BCUT2D eigenvalue weighted by atomic mass is 16.5. The second-order valence-electron chi connectivity index (χ2n) is 4.86. The van der Waals surface area contributed by atoms with E-state index in [2.05, 4.69) is 23.0 Å². The van der Waals surface area contributed by atoms with E-state index < -0.39 is 0 Å². The molecule has 108 valence electrons. The molecule has 0 aliphatic carbocycles. The lowest BCUT2D eigenvalue weighted by atomic mass is 10.2. The molecule has 1 heterocycles. The van der Waals surface area contributed by atoms with Gasteiger partial charge in [0.15, 0.2) is 0 Å². The summed E-state index contributed by atoms with van der Waals surface area (Å²) >= 11 is 0. The number of hydrogen-bond acceptors (Lipinski definition) is 4. The second-order valence-corrected chi connectivity index (χ2v) is 4.86. The molecule has 0 N–H and O–H groups in total. The zero-order valence-electron chi connectivity index (χ0n) is 12.2. The van der Waals surface area contributed by atoms with Crippen LogP contribution in [-0.2, 0) is 6.42 Å². The van der Waals surface area contributed by atoms with E-state index in [1.165, 1.54) is 0 Å². The second kappa shape index (κ2) is 8.03. The number of aromatic nitrogens is 1. The molecule has 1 aromatic carbocycles. The molecule has 0 atom stereocenters. The van der Waals surface area contributed by atoms with Crippen LogP contribution in [-0.4, -0.2) is 36.6 Å². The van der Waals surface area contributed by atoms with Crippen LogP contribution < -0.4 is 4.74 Å². The third kappa shape index (κ3) is 5.25. The maximum atomic E-state index is 8.83. The standard InChI is InChI=1S/C17H19N3O/c1-20(10-8-16-6-2-3-9-19-16)11-12-21-17-7-4-5-15(13-17)14-18/h2-7,9,13H,8,10-12H2,1H3. The number of ether oxygens (including phenoxy) is 1. The fraction of sp³-hybridized carbons (Fsp3) is 0.294. The highest BCUT2D eigenvalue weighted by Gasteiger charge is 2.01. The van der Waals surface area contributed by atoms with Crippen molar-refractivity contribution in [3.05, 3.63) is 59.9 Å². The van der Waals surface area contributed by atoms with Crippen LogP contribution >= 0.6 is 0 Å². The minimum Gasteiger partial charge on any atom is -0.492 e. The van der Waals surface area contributed by atoms with E-state index in [9.17, 15) is 0 Å². The molecular weight excluding hydrogens is 262 g/mol. The number of benzene rings is 1. The molecule has 0 unspecified atom stereocenters. The minimum absolute atomic E-state index is 0.605. The zero-order chi connectivity index (χ0) is 14.9. The van der Waals surface area contributed by atoms with Gasteiger partial charge in [-0.15, -0.1) is 0 Å². The lowest BCUT2D eigenvalue weighted by Crippen LogP contribution is -2.26. The van der Waals surface area contributed by atoms with Crippen molar-refractivity contribution < 1.29 is 4.74 Å². The Morgan fingerprint density at radius 2 is 2.10 bits per heavy atom. The third-order valence-corrected chi connectivity index (χ3v) is 3.18. The van der Waals surface area contributed by atoms with E-state index in [1.807, 2.05) is 36.5 Å². The molecule has 0 saturated heterocycles. The van der Waals surface area contributed by atoms with Crippen molar-refractivity contribution in [3.63, 3.8) is 0 Å². The van der Waals surface area contributed by atoms with Gasteiger partial charge in [-0.1, -0.05) is 12.1 Å². The van der Waals surface area contributed by atoms with Gasteiger partial charge in [-0.25, -0.2) is 0 Å². The monoisotopic (exact) mass is 281 g/mol. The summed E-state index contributed by atoms with van der Waals surface area (Å²) in [5.41, 5.74) is 1.72. The Hall–Kier alpha value is -2.38. The summed E-state index contributed by atoms with van der Waals surface area (Å²) in [6.45, 7) is 2.38. The van der Waals surface area contributed by atoms with E-state index in [0.29, 0.717) is 12.2 Å². The van der Waals surface area contributed by atoms with Gasteiger partial charge in [-0.2, -0.15) is 5.26 Å². The van der Waals surface area contributed by atoms with Crippen molar-refractivity contribution in [1.82, 2.24) is 9.88 Å². The predicted octanol–water partition coefficient (Wildman–Crippen LogP) is 2.51. The Bertz CT molecular complexity index is 592. The van der Waals surface area contributed by atoms with Gasteiger partial charge < -0.3 is 9.64 Å². The predicted molar refractivity (Wildman–Crippen MR) is 82.1 cm³/mol. The quantitative estimate of drug-likeness (QED) is 0.782. The molecule has 2 aromatic rings. The lowest BCUT2D eigenvalue weighted by molar-refractivity contribution is 0.238. The number of nitriles is 1. The molecule has 2 rings (SSSR count). The first-order valence-corrected chi connectivity index (χ1v) is 6.99. The molecule has 0 bridgehead atoms. The summed E-state index contributed by atoms with van der Waals surface area (Å²) in [4.78, 5) is 6.52. The van der Waals surface area contributed by atoms with Gasteiger partial charge in [-0.05, 0) is 37.4 Å². The Kier molecular flexibility index (Phi) is 5.74. The average molecular weight is 281 g/mol. The van der Waals surface area contributed by atoms with Gasteiger partial charge in [0.2, 0.25) is 0 Å². The Labute approximate surface area is 125 Å². The fourth-order valence-electron chi connectivity index (χ4n) is 1.94. The van der Waals surface area contributed by atoms with Crippen molar-refractivity contribution in [3.8, 4) is 11.8 Å². The van der Waals surface area contributed by atoms with Crippen molar-refractivity contribution in [2.45, 2.75) is 6.42 Å². The molecule has 0 fully saturated rings. The van der Waals surface area contributed by atoms with Gasteiger partial charge in [-0.3, -0.25) is 4.98 Å². The number of nitrogens with zero attached hydrogens (tertiary/aromatic N) is 3. The molecule has 0 radical (unpaired) electrons. The fourth-order valence-corrected chi connectivity index (χ4v) is 1.94. The maximum Gasteiger partial charge on any atom is 0.120 e. The first-order valence-electron chi connectivity index (χ1n) is 6.99. The molecule has 4 heteroatoms. The SMILES string of the molecule is CN(CCOc1cccc(C#N)c1)CCc1ccccn1. The topological polar surface area (TPSA) is 49.1 Å². The number of rotatable bonds is 7. The number of pyridine rings is 1. The average Bonchev–Trinajstić information content (AvgIpc) is 2.54. The van der Waals surface area contributed by atoms with Crippen LogP contribution in [0, 0.1) is 11.3 Å². The molecular formula is C17H19N3O. The Morgan fingerprint density at radius 3 is 2.86 bits per heavy atom. The maximum absolute atomic E-state index is 8.83. The zero-order valence-corrected chi connectivity index (χ0v) is 12.2. The Balaban J connectivity index is 1.69. The van der Waals surface area contributed by atoms with Crippen molar-refractivity contribution in [2.24, 2.45) is 0 Å². The summed E-state index contributed by atoms with van der Waals surface area (Å²) in [6.07, 6.45) is 2.75. The molecule has 0 saturated carbocycles. The van der Waals surface area contributed by atoms with Crippen LogP contribution in [0.2, 0.25) is 0 Å². The van der Waals surface area contributed by atoms with Crippen LogP contribution in [0.5, 0.6) is 5.75 Å². The van der Waals surface area contributed by atoms with E-state index in [-0.39, 0.29) is 0 Å². The van der Waals surface area contributed by atoms with Crippen LogP contribution in [0.1, 0.15) is 11.3 Å². The normalized spacial score (nSPS) is 10.3. The van der Waals surface area contributed by atoms with Crippen molar-refractivity contribution >= 4 is 0 Å². The first-order chi connectivity index (χ1) is 10.3. The molecule has 0 aliphatic heterocycles. The summed E-state index contributed by atoms with van der Waals surface area (Å²) < 4.78 is 5.66. The minimum atomic E-state index is 0.605. The van der Waals surface area contributed by atoms with Crippen molar-refractivity contribution in [2.75, 3.05) is 26.7 Å². The number of likely N-dealkylation sites (N-methyl/N-ethyl adjacent to an activating group) is 1. The Morgan fingerprint density at radius 1 is 1.19 bits per heavy atom. The summed E-state index contributed by atoms with van der Waals surface area (Å²) in [6, 6.07) is 15.3. The van der Waals surface area contributed by atoms with E-state index >= 15 is 0 Å². The number of hydrogen-bond donors (Lipinski definition) is 0. The lowest BCUT2D eigenvalue weighted by Gasteiger charge is -2.16. The van der Waals surface area contributed by atoms with Crippen LogP contribution in [0.25, 0.3) is 0 Å². The van der Waals surface area contributed by atoms with Crippen LogP contribution in [0.3, 0.4) is 0 Å². The third-order valence-electron chi connectivity index (χ3n) is 3.18. The van der Waals surface area contributed by atoms with E-state index in [0.717, 1.165) is 31.0 Å².